The van der Waals surface area contributed by atoms with Gasteiger partial charge < -0.3 is 21.9 Å². The second-order valence-electron chi connectivity index (χ2n) is 3.10. The number of aliphatic hydroxyl groups excluding tert-OH is 1. The molecule has 0 spiro atoms. The summed E-state index contributed by atoms with van der Waals surface area (Å²) in [6.07, 6.45) is -0.0721. The number of amides is 2. The third-order valence-electron chi connectivity index (χ3n) is 1.80. The molecule has 7 nitrogen and oxygen atoms in total. The number of nitrogen functional groups attached to an aromatic ring is 1. The number of nitrogens with one attached hydrogen (secondary N) is 1. The molecule has 0 saturated carbocycles. The normalized spacial score (nSPS) is 11.8. The fourth-order valence-electron chi connectivity index (χ4n) is 0.920. The number of carbonyl (C=O) groups excluding carboxylic acids is 2. The van der Waals surface area contributed by atoms with Gasteiger partial charge in [0.15, 0.2) is 0 Å². The molecule has 1 atom stereocenters. The van der Waals surface area contributed by atoms with Crippen LogP contribution in [-0.4, -0.2) is 34.6 Å². The van der Waals surface area contributed by atoms with Gasteiger partial charge in [0, 0.05) is 0 Å². The number of primary amides is 1. The lowest BCUT2D eigenvalue weighted by Crippen LogP contribution is -2.40. The van der Waals surface area contributed by atoms with Crippen LogP contribution in [0.5, 0.6) is 0 Å². The molecule has 2 amide bonds. The number of hydrogen-bond acceptors (Lipinski definition) is 5. The number of pyridine rings is 1. The SMILES string of the molecule is NC(=O)C(O)CNC(=O)c1ccc(N)cn1. The first-order chi connectivity index (χ1) is 7.50. The molecule has 1 rings (SSSR count). The first-order valence-corrected chi connectivity index (χ1v) is 4.48. The Labute approximate surface area is 91.5 Å². The molecule has 7 heteroatoms. The number of aliphatic hydroxyl groups is 1. The minimum Gasteiger partial charge on any atom is -0.397 e. The molecule has 0 aliphatic heterocycles. The first-order valence-electron chi connectivity index (χ1n) is 4.48. The van der Waals surface area contributed by atoms with E-state index in [1.54, 1.807) is 0 Å². The topological polar surface area (TPSA) is 131 Å². The van der Waals surface area contributed by atoms with Gasteiger partial charge in [0.25, 0.3) is 5.91 Å². The van der Waals surface area contributed by atoms with Gasteiger partial charge in [0.2, 0.25) is 5.91 Å². The monoisotopic (exact) mass is 224 g/mol. The average Bonchev–Trinajstić information content (AvgIpc) is 2.26. The molecule has 1 aromatic rings. The van der Waals surface area contributed by atoms with Crippen LogP contribution in [0.3, 0.4) is 0 Å². The van der Waals surface area contributed by atoms with Crippen LogP contribution in [-0.2, 0) is 4.79 Å². The highest BCUT2D eigenvalue weighted by Gasteiger charge is 2.13. The number of nitrogens with two attached hydrogens (primary N) is 2. The maximum Gasteiger partial charge on any atom is 0.269 e. The Morgan fingerprint density at radius 1 is 1.50 bits per heavy atom. The van der Waals surface area contributed by atoms with Crippen molar-refractivity contribution in [1.29, 1.82) is 0 Å². The van der Waals surface area contributed by atoms with Crippen molar-refractivity contribution in [2.24, 2.45) is 5.73 Å². The predicted octanol–water partition coefficient (Wildman–Crippen LogP) is -1.76. The first kappa shape index (κ1) is 11.9. The van der Waals surface area contributed by atoms with E-state index in [9.17, 15) is 9.59 Å². The molecular formula is C9H12N4O3. The van der Waals surface area contributed by atoms with Gasteiger partial charge in [-0.25, -0.2) is 4.98 Å². The maximum atomic E-state index is 11.4. The van der Waals surface area contributed by atoms with Crippen molar-refractivity contribution < 1.29 is 14.7 Å². The van der Waals surface area contributed by atoms with Gasteiger partial charge in [0.1, 0.15) is 11.8 Å². The molecule has 86 valence electrons. The minimum absolute atomic E-state index is 0.144. The summed E-state index contributed by atoms with van der Waals surface area (Å²) < 4.78 is 0. The lowest BCUT2D eigenvalue weighted by molar-refractivity contribution is -0.125. The molecule has 1 heterocycles. The van der Waals surface area contributed by atoms with Crippen LogP contribution in [0.25, 0.3) is 0 Å². The number of aromatic nitrogens is 1. The van der Waals surface area contributed by atoms with Crippen LogP contribution in [0.1, 0.15) is 10.5 Å². The van der Waals surface area contributed by atoms with Gasteiger partial charge in [0.05, 0.1) is 18.4 Å². The maximum absolute atomic E-state index is 11.4. The summed E-state index contributed by atoms with van der Waals surface area (Å²) in [5.41, 5.74) is 10.8. The van der Waals surface area contributed by atoms with E-state index in [2.05, 4.69) is 10.3 Å². The van der Waals surface area contributed by atoms with Crippen LogP contribution in [0.4, 0.5) is 5.69 Å². The van der Waals surface area contributed by atoms with Crippen molar-refractivity contribution in [1.82, 2.24) is 10.3 Å². The summed E-state index contributed by atoms with van der Waals surface area (Å²) >= 11 is 0. The van der Waals surface area contributed by atoms with Crippen LogP contribution < -0.4 is 16.8 Å². The number of hydrogen-bond donors (Lipinski definition) is 4. The van der Waals surface area contributed by atoms with Crippen LogP contribution in [0.2, 0.25) is 0 Å². The van der Waals surface area contributed by atoms with E-state index < -0.39 is 17.9 Å². The lowest BCUT2D eigenvalue weighted by atomic mass is 10.3. The number of rotatable bonds is 4. The molecule has 0 aromatic carbocycles. The fraction of sp³-hybridized carbons (Fsp3) is 0.222. The zero-order valence-corrected chi connectivity index (χ0v) is 8.38. The predicted molar refractivity (Wildman–Crippen MR) is 56.2 cm³/mol. The van der Waals surface area contributed by atoms with E-state index in [0.29, 0.717) is 5.69 Å². The largest absolute Gasteiger partial charge is 0.397 e. The summed E-state index contributed by atoms with van der Waals surface area (Å²) in [5, 5.41) is 11.3. The smallest absolute Gasteiger partial charge is 0.269 e. The Kier molecular flexibility index (Phi) is 3.78. The second kappa shape index (κ2) is 5.08. The zero-order valence-electron chi connectivity index (χ0n) is 8.38. The van der Waals surface area contributed by atoms with Crippen molar-refractivity contribution in [3.8, 4) is 0 Å². The van der Waals surface area contributed by atoms with Gasteiger partial charge >= 0.3 is 0 Å². The third-order valence-corrected chi connectivity index (χ3v) is 1.80. The van der Waals surface area contributed by atoms with Crippen molar-refractivity contribution in [3.05, 3.63) is 24.0 Å². The molecule has 0 radical (unpaired) electrons. The van der Waals surface area contributed by atoms with Gasteiger partial charge in [-0.3, -0.25) is 9.59 Å². The highest BCUT2D eigenvalue weighted by atomic mass is 16.3. The molecule has 0 fully saturated rings. The highest BCUT2D eigenvalue weighted by molar-refractivity contribution is 5.92. The molecule has 0 aliphatic rings. The van der Waals surface area contributed by atoms with Gasteiger partial charge in [-0.15, -0.1) is 0 Å². The zero-order chi connectivity index (χ0) is 12.1. The second-order valence-corrected chi connectivity index (χ2v) is 3.10. The molecule has 6 N–H and O–H groups in total. The van der Waals surface area contributed by atoms with E-state index in [1.807, 2.05) is 0 Å². The molecular weight excluding hydrogens is 212 g/mol. The Morgan fingerprint density at radius 3 is 2.69 bits per heavy atom. The minimum atomic E-state index is -1.40. The Bertz CT molecular complexity index is 390. The summed E-state index contributed by atoms with van der Waals surface area (Å²) in [6.45, 7) is -0.250. The van der Waals surface area contributed by atoms with Crippen molar-refractivity contribution in [3.63, 3.8) is 0 Å². The average molecular weight is 224 g/mol. The number of carbonyl (C=O) groups is 2. The molecule has 0 saturated heterocycles. The van der Waals surface area contributed by atoms with Crippen LogP contribution in [0, 0.1) is 0 Å². The van der Waals surface area contributed by atoms with Gasteiger partial charge in [-0.2, -0.15) is 0 Å². The quantitative estimate of drug-likeness (QED) is 0.481. The van der Waals surface area contributed by atoms with Crippen molar-refractivity contribution in [2.45, 2.75) is 6.10 Å². The standard InChI is InChI=1S/C9H12N4O3/c10-5-1-2-6(12-3-5)9(16)13-4-7(14)8(11)15/h1-3,7,14H,4,10H2,(H2,11,15)(H,13,16). The third kappa shape index (κ3) is 3.21. The Morgan fingerprint density at radius 2 is 2.19 bits per heavy atom. The summed E-state index contributed by atoms with van der Waals surface area (Å²) in [5.74, 6) is -1.41. The van der Waals surface area contributed by atoms with E-state index in [0.717, 1.165) is 0 Å². The number of nitrogens with zero attached hydrogens (tertiary/aromatic N) is 1. The van der Waals surface area contributed by atoms with E-state index >= 15 is 0 Å². The Balaban J connectivity index is 2.53. The van der Waals surface area contributed by atoms with Crippen molar-refractivity contribution in [2.75, 3.05) is 12.3 Å². The Hall–Kier alpha value is -2.15. The lowest BCUT2D eigenvalue weighted by Gasteiger charge is -2.07. The summed E-state index contributed by atoms with van der Waals surface area (Å²) in [6, 6.07) is 2.95. The summed E-state index contributed by atoms with van der Waals surface area (Å²) in [4.78, 5) is 25.7. The molecule has 1 aromatic heterocycles. The molecule has 1 unspecified atom stereocenters. The van der Waals surface area contributed by atoms with Crippen LogP contribution in [0.15, 0.2) is 18.3 Å². The van der Waals surface area contributed by atoms with Crippen molar-refractivity contribution >= 4 is 17.5 Å². The fourth-order valence-corrected chi connectivity index (χ4v) is 0.920. The summed E-state index contributed by atoms with van der Waals surface area (Å²) in [7, 11) is 0. The molecule has 16 heavy (non-hydrogen) atoms. The van der Waals surface area contributed by atoms with Gasteiger partial charge in [-0.1, -0.05) is 0 Å². The molecule has 0 bridgehead atoms. The van der Waals surface area contributed by atoms with E-state index in [1.165, 1.54) is 18.3 Å². The van der Waals surface area contributed by atoms with Crippen LogP contribution >= 0.6 is 0 Å². The van der Waals surface area contributed by atoms with E-state index in [-0.39, 0.29) is 12.2 Å². The van der Waals surface area contributed by atoms with E-state index in [4.69, 9.17) is 16.6 Å². The highest BCUT2D eigenvalue weighted by Crippen LogP contribution is 2.00. The molecule has 0 aliphatic carbocycles. The van der Waals surface area contributed by atoms with Gasteiger partial charge in [-0.05, 0) is 12.1 Å². The number of anilines is 1.